The lowest BCUT2D eigenvalue weighted by Crippen LogP contribution is -2.26. The first-order chi connectivity index (χ1) is 16.6. The van der Waals surface area contributed by atoms with Gasteiger partial charge in [0.2, 0.25) is 0 Å². The van der Waals surface area contributed by atoms with Gasteiger partial charge in [-0.3, -0.25) is 9.67 Å². The van der Waals surface area contributed by atoms with Crippen molar-refractivity contribution < 1.29 is 9.47 Å². The smallest absolute Gasteiger partial charge is 0.124 e. The molecule has 1 fully saturated rings. The Labute approximate surface area is 200 Å². The largest absolute Gasteiger partial charge is 0.497 e. The number of rotatable bonds is 7. The van der Waals surface area contributed by atoms with Gasteiger partial charge in [-0.25, -0.2) is 4.98 Å². The molecule has 2 aromatic heterocycles. The summed E-state index contributed by atoms with van der Waals surface area (Å²) in [5.74, 6) is 2.21. The number of hydrogen-bond acceptors (Lipinski definition) is 6. The molecule has 0 saturated heterocycles. The molecule has 0 spiro atoms. The first kappa shape index (κ1) is 22.2. The van der Waals surface area contributed by atoms with Crippen LogP contribution in [0.25, 0.3) is 22.3 Å². The van der Waals surface area contributed by atoms with Crippen LogP contribution in [0.5, 0.6) is 11.5 Å². The highest BCUT2D eigenvalue weighted by molar-refractivity contribution is 5.82. The van der Waals surface area contributed by atoms with Crippen molar-refractivity contribution in [1.82, 2.24) is 19.7 Å². The molecule has 0 radical (unpaired) electrons. The fraction of sp³-hybridized carbons (Fsp3) is 0.370. The van der Waals surface area contributed by atoms with E-state index in [9.17, 15) is 0 Å². The van der Waals surface area contributed by atoms with Crippen molar-refractivity contribution in [2.75, 3.05) is 25.7 Å². The number of hydrogen-bond donors (Lipinski definition) is 0. The summed E-state index contributed by atoms with van der Waals surface area (Å²) >= 11 is 0. The second-order valence-corrected chi connectivity index (χ2v) is 9.02. The molecule has 2 aromatic carbocycles. The first-order valence-electron chi connectivity index (χ1n) is 11.9. The van der Waals surface area contributed by atoms with E-state index in [1.54, 1.807) is 18.9 Å². The number of aryl methyl sites for hydroxylation is 1. The summed E-state index contributed by atoms with van der Waals surface area (Å²) in [6.07, 6.45) is 12.1. The molecule has 2 heterocycles. The number of nitrogens with zero attached hydrogens (tertiary/aromatic N) is 5. The van der Waals surface area contributed by atoms with E-state index in [0.29, 0.717) is 5.92 Å². The topological polar surface area (TPSA) is 65.3 Å². The van der Waals surface area contributed by atoms with E-state index in [1.165, 1.54) is 32.1 Å². The van der Waals surface area contributed by atoms with Crippen LogP contribution in [-0.2, 0) is 7.05 Å². The molecule has 0 amide bonds. The van der Waals surface area contributed by atoms with Crippen LogP contribution >= 0.6 is 0 Å². The summed E-state index contributed by atoms with van der Waals surface area (Å²) in [5, 5.41) is 4.27. The SMILES string of the molecule is COc1cc(OC)cc(N(CC2CCCCC2)c2ccc3ncc(-c4cnn(C)c4)nc3c2)c1. The zero-order valence-electron chi connectivity index (χ0n) is 20.1. The lowest BCUT2D eigenvalue weighted by atomic mass is 9.88. The van der Waals surface area contributed by atoms with E-state index >= 15 is 0 Å². The predicted molar refractivity (Wildman–Crippen MR) is 135 cm³/mol. The van der Waals surface area contributed by atoms with E-state index in [4.69, 9.17) is 14.5 Å². The maximum atomic E-state index is 5.57. The van der Waals surface area contributed by atoms with Gasteiger partial charge in [0.1, 0.15) is 11.5 Å². The third kappa shape index (κ3) is 4.69. The number of fused-ring (bicyclic) bond motifs is 1. The highest BCUT2D eigenvalue weighted by Crippen LogP contribution is 2.36. The van der Waals surface area contributed by atoms with Crippen molar-refractivity contribution in [2.45, 2.75) is 32.1 Å². The Morgan fingerprint density at radius 1 is 0.912 bits per heavy atom. The molecule has 176 valence electrons. The van der Waals surface area contributed by atoms with Gasteiger partial charge in [0.05, 0.1) is 43.3 Å². The van der Waals surface area contributed by atoms with Gasteiger partial charge < -0.3 is 14.4 Å². The zero-order valence-corrected chi connectivity index (χ0v) is 20.1. The van der Waals surface area contributed by atoms with Gasteiger partial charge in [-0.2, -0.15) is 5.10 Å². The standard InChI is InChI=1S/C27H31N5O2/c1-31-18-20(15-29-31)27-16-28-25-10-9-21(13-26(25)30-27)32(17-19-7-5-4-6-8-19)22-11-23(33-2)14-24(12-22)34-3/h9-16,18-19H,4-8,17H2,1-3H3. The maximum absolute atomic E-state index is 5.57. The van der Waals surface area contributed by atoms with Gasteiger partial charge in [-0.1, -0.05) is 19.3 Å². The van der Waals surface area contributed by atoms with Crippen molar-refractivity contribution in [3.05, 3.63) is 55.0 Å². The molecule has 7 nitrogen and oxygen atoms in total. The van der Waals surface area contributed by atoms with Crippen LogP contribution in [0.4, 0.5) is 11.4 Å². The van der Waals surface area contributed by atoms with E-state index in [-0.39, 0.29) is 0 Å². The van der Waals surface area contributed by atoms with Crippen molar-refractivity contribution in [1.29, 1.82) is 0 Å². The fourth-order valence-corrected chi connectivity index (χ4v) is 4.80. The molecule has 1 aliphatic carbocycles. The molecular weight excluding hydrogens is 426 g/mol. The summed E-state index contributed by atoms with van der Waals surface area (Å²) in [7, 11) is 5.28. The molecule has 1 aliphatic rings. The number of ether oxygens (including phenoxy) is 2. The van der Waals surface area contributed by atoms with Gasteiger partial charge in [-0.15, -0.1) is 0 Å². The van der Waals surface area contributed by atoms with Crippen LogP contribution in [0, 0.1) is 5.92 Å². The van der Waals surface area contributed by atoms with Crippen LogP contribution in [-0.4, -0.2) is 40.5 Å². The van der Waals surface area contributed by atoms with Gasteiger partial charge in [0, 0.05) is 54.9 Å². The maximum Gasteiger partial charge on any atom is 0.124 e. The van der Waals surface area contributed by atoms with E-state index < -0.39 is 0 Å². The highest BCUT2D eigenvalue weighted by atomic mass is 16.5. The van der Waals surface area contributed by atoms with Crippen molar-refractivity contribution >= 4 is 22.4 Å². The summed E-state index contributed by atoms with van der Waals surface area (Å²) in [4.78, 5) is 11.9. The number of benzene rings is 2. The molecule has 5 rings (SSSR count). The molecule has 34 heavy (non-hydrogen) atoms. The molecule has 4 aromatic rings. The molecule has 0 aliphatic heterocycles. The molecule has 0 bridgehead atoms. The Kier molecular flexibility index (Phi) is 6.34. The summed E-state index contributed by atoms with van der Waals surface area (Å²) in [5.41, 5.74) is 5.65. The van der Waals surface area contributed by atoms with Crippen LogP contribution in [0.15, 0.2) is 55.0 Å². The molecule has 7 heteroatoms. The predicted octanol–water partition coefficient (Wildman–Crippen LogP) is 5.77. The normalized spacial score (nSPS) is 14.3. The van der Waals surface area contributed by atoms with E-state index in [1.807, 2.05) is 31.7 Å². The third-order valence-corrected chi connectivity index (χ3v) is 6.65. The van der Waals surface area contributed by atoms with E-state index in [0.717, 1.165) is 51.7 Å². The second kappa shape index (κ2) is 9.71. The summed E-state index contributed by atoms with van der Waals surface area (Å²) in [6, 6.07) is 12.4. The first-order valence-corrected chi connectivity index (χ1v) is 11.9. The Bertz CT molecular complexity index is 1260. The summed E-state index contributed by atoms with van der Waals surface area (Å²) in [6.45, 7) is 0.942. The zero-order chi connectivity index (χ0) is 23.5. The van der Waals surface area contributed by atoms with Crippen molar-refractivity contribution in [3.63, 3.8) is 0 Å². The van der Waals surface area contributed by atoms with Crippen molar-refractivity contribution in [2.24, 2.45) is 13.0 Å². The van der Waals surface area contributed by atoms with Crippen LogP contribution < -0.4 is 14.4 Å². The van der Waals surface area contributed by atoms with Crippen LogP contribution in [0.1, 0.15) is 32.1 Å². The van der Waals surface area contributed by atoms with Crippen LogP contribution in [0.3, 0.4) is 0 Å². The lowest BCUT2D eigenvalue weighted by molar-refractivity contribution is 0.364. The number of aromatic nitrogens is 4. The Hall–Kier alpha value is -3.61. The Morgan fingerprint density at radius 3 is 2.35 bits per heavy atom. The minimum atomic E-state index is 0.648. The van der Waals surface area contributed by atoms with Gasteiger partial charge in [0.25, 0.3) is 0 Å². The quantitative estimate of drug-likeness (QED) is 0.351. The minimum absolute atomic E-state index is 0.648. The molecule has 0 atom stereocenters. The van der Waals surface area contributed by atoms with Gasteiger partial charge in [-0.05, 0) is 37.0 Å². The van der Waals surface area contributed by atoms with Crippen LogP contribution in [0.2, 0.25) is 0 Å². The van der Waals surface area contributed by atoms with Gasteiger partial charge in [0.15, 0.2) is 0 Å². The number of methoxy groups -OCH3 is 2. The van der Waals surface area contributed by atoms with Crippen molar-refractivity contribution in [3.8, 4) is 22.8 Å². The minimum Gasteiger partial charge on any atom is -0.497 e. The molecule has 1 saturated carbocycles. The molecule has 0 N–H and O–H groups in total. The lowest BCUT2D eigenvalue weighted by Gasteiger charge is -2.32. The average Bonchev–Trinajstić information content (AvgIpc) is 3.33. The fourth-order valence-electron chi connectivity index (χ4n) is 4.80. The second-order valence-electron chi connectivity index (χ2n) is 9.02. The molecule has 0 unspecified atom stereocenters. The van der Waals surface area contributed by atoms with E-state index in [2.05, 4.69) is 45.3 Å². The monoisotopic (exact) mass is 457 g/mol. The Balaban J connectivity index is 1.57. The average molecular weight is 458 g/mol. The summed E-state index contributed by atoms with van der Waals surface area (Å²) < 4.78 is 12.9. The number of anilines is 2. The third-order valence-electron chi connectivity index (χ3n) is 6.65. The Morgan fingerprint density at radius 2 is 1.68 bits per heavy atom. The molecular formula is C27H31N5O2. The van der Waals surface area contributed by atoms with Gasteiger partial charge >= 0.3 is 0 Å². The highest BCUT2D eigenvalue weighted by Gasteiger charge is 2.21.